The second kappa shape index (κ2) is 3.00. The highest BCUT2D eigenvalue weighted by Crippen LogP contribution is 1.94. The molecule has 0 aromatic carbocycles. The molecule has 0 aliphatic carbocycles. The van der Waals surface area contributed by atoms with E-state index >= 15 is 0 Å². The normalized spacial score (nSPS) is 7.86. The summed E-state index contributed by atoms with van der Waals surface area (Å²) >= 11 is 6.96. The highest BCUT2D eigenvalue weighted by atomic mass is 32.2. The first-order valence-electron chi connectivity index (χ1n) is 1.37. The molecule has 0 atom stereocenters. The Morgan fingerprint density at radius 2 is 2.14 bits per heavy atom. The van der Waals surface area contributed by atoms with Crippen molar-refractivity contribution in [2.45, 2.75) is 0 Å². The first-order chi connectivity index (χ1) is 3.18. The standard InChI is InChI=1S/CH5N3OS2/c2-3-1(5)4(6)7/h6-7H,2H2,(H,3,5). The number of nitrogens with zero attached hydrogens (tertiary/aromatic N) is 1. The zero-order chi connectivity index (χ0) is 5.86. The predicted molar refractivity (Wildman–Crippen MR) is 32.5 cm³/mol. The van der Waals surface area contributed by atoms with Crippen LogP contribution in [0.5, 0.6) is 0 Å². The molecule has 0 aliphatic rings. The third-order valence-electron chi connectivity index (χ3n) is 0.305. The van der Waals surface area contributed by atoms with Gasteiger partial charge >= 0.3 is 6.03 Å². The lowest BCUT2D eigenvalue weighted by molar-refractivity contribution is 0.239. The van der Waals surface area contributed by atoms with E-state index in [0.717, 1.165) is 3.71 Å². The van der Waals surface area contributed by atoms with Gasteiger partial charge < -0.3 is 0 Å². The SMILES string of the molecule is NNC(=O)N(S)S. The number of rotatable bonds is 0. The van der Waals surface area contributed by atoms with E-state index < -0.39 is 6.03 Å². The lowest BCUT2D eigenvalue weighted by Gasteiger charge is -2.02. The van der Waals surface area contributed by atoms with Crippen molar-refractivity contribution in [3.05, 3.63) is 0 Å². The molecule has 0 bridgehead atoms. The lowest BCUT2D eigenvalue weighted by atomic mass is 11.1. The second-order valence-electron chi connectivity index (χ2n) is 0.739. The number of nitrogens with two attached hydrogens (primary N) is 1. The van der Waals surface area contributed by atoms with Crippen molar-refractivity contribution in [2.24, 2.45) is 5.84 Å². The van der Waals surface area contributed by atoms with Gasteiger partial charge in [-0.1, -0.05) is 25.6 Å². The Bertz CT molecular complexity index is 73.3. The number of nitrogens with one attached hydrogen (secondary N) is 1. The van der Waals surface area contributed by atoms with Crippen molar-refractivity contribution < 1.29 is 4.79 Å². The minimum atomic E-state index is -0.563. The van der Waals surface area contributed by atoms with Crippen LogP contribution in [0.3, 0.4) is 0 Å². The van der Waals surface area contributed by atoms with Crippen molar-refractivity contribution in [2.75, 3.05) is 0 Å². The van der Waals surface area contributed by atoms with Crippen LogP contribution in [0.1, 0.15) is 0 Å². The highest BCUT2D eigenvalue weighted by molar-refractivity contribution is 7.94. The van der Waals surface area contributed by atoms with Gasteiger partial charge in [-0.05, 0) is 0 Å². The number of carbonyl (C=O) groups excluding carboxylic acids is 1. The number of thiol groups is 2. The van der Waals surface area contributed by atoms with E-state index in [-0.39, 0.29) is 0 Å². The van der Waals surface area contributed by atoms with Crippen LogP contribution in [0, 0.1) is 0 Å². The average Bonchev–Trinajstić information content (AvgIpc) is 1.65. The fourth-order valence-corrected chi connectivity index (χ4v) is 0.173. The van der Waals surface area contributed by atoms with Crippen LogP contribution in [-0.4, -0.2) is 9.74 Å². The quantitative estimate of drug-likeness (QED) is 0.159. The van der Waals surface area contributed by atoms with Gasteiger partial charge in [-0.2, -0.15) is 0 Å². The van der Waals surface area contributed by atoms with Crippen LogP contribution in [-0.2, 0) is 0 Å². The summed E-state index contributed by atoms with van der Waals surface area (Å²) < 4.78 is 0.736. The minimum Gasteiger partial charge on any atom is -0.274 e. The Morgan fingerprint density at radius 3 is 2.14 bits per heavy atom. The van der Waals surface area contributed by atoms with Gasteiger partial charge in [-0.15, -0.1) is 0 Å². The van der Waals surface area contributed by atoms with E-state index in [0.29, 0.717) is 0 Å². The molecule has 7 heavy (non-hydrogen) atoms. The number of hydrogen-bond donors (Lipinski definition) is 4. The van der Waals surface area contributed by atoms with Crippen molar-refractivity contribution in [3.63, 3.8) is 0 Å². The molecule has 3 N–H and O–H groups in total. The van der Waals surface area contributed by atoms with Gasteiger partial charge in [-0.3, -0.25) is 5.43 Å². The average molecular weight is 139 g/mol. The zero-order valence-electron chi connectivity index (χ0n) is 3.33. The number of amides is 2. The van der Waals surface area contributed by atoms with E-state index in [1.807, 2.05) is 0 Å². The molecule has 0 aromatic rings. The molecule has 0 saturated carbocycles. The maximum Gasteiger partial charge on any atom is 0.351 e. The van der Waals surface area contributed by atoms with Gasteiger partial charge in [0, 0.05) is 0 Å². The van der Waals surface area contributed by atoms with E-state index in [9.17, 15) is 4.79 Å². The summed E-state index contributed by atoms with van der Waals surface area (Å²) in [7, 11) is 0. The fourth-order valence-electron chi connectivity index (χ4n) is 0.0577. The third-order valence-corrected chi connectivity index (χ3v) is 0.668. The van der Waals surface area contributed by atoms with Gasteiger partial charge in [-0.25, -0.2) is 14.3 Å². The molecule has 0 aromatic heterocycles. The van der Waals surface area contributed by atoms with E-state index in [1.165, 1.54) is 0 Å². The summed E-state index contributed by atoms with van der Waals surface area (Å²) in [6.07, 6.45) is 0. The summed E-state index contributed by atoms with van der Waals surface area (Å²) in [6, 6.07) is -0.563. The zero-order valence-corrected chi connectivity index (χ0v) is 5.12. The molecule has 2 amide bonds. The topological polar surface area (TPSA) is 58.4 Å². The van der Waals surface area contributed by atoms with Crippen molar-refractivity contribution in [1.29, 1.82) is 0 Å². The van der Waals surface area contributed by atoms with Gasteiger partial charge in [0.05, 0.1) is 0 Å². The minimum absolute atomic E-state index is 0.563. The Labute approximate surface area is 52.1 Å². The molecular formula is CH5N3OS2. The molecule has 0 spiro atoms. The first-order valence-corrected chi connectivity index (χ1v) is 2.17. The summed E-state index contributed by atoms with van der Waals surface area (Å²) in [5, 5.41) is 0. The predicted octanol–water partition coefficient (Wildman–Crippen LogP) is -0.439. The largest absolute Gasteiger partial charge is 0.351 e. The molecule has 0 radical (unpaired) electrons. The smallest absolute Gasteiger partial charge is 0.274 e. The van der Waals surface area contributed by atoms with Crippen molar-refractivity contribution in [3.8, 4) is 0 Å². The number of hydrazine groups is 1. The highest BCUT2D eigenvalue weighted by Gasteiger charge is 1.97. The van der Waals surface area contributed by atoms with Crippen molar-refractivity contribution in [1.82, 2.24) is 9.14 Å². The Balaban J connectivity index is 3.35. The number of hydrogen-bond acceptors (Lipinski definition) is 4. The van der Waals surface area contributed by atoms with Crippen molar-refractivity contribution >= 4 is 31.7 Å². The maximum atomic E-state index is 10.0. The summed E-state index contributed by atoms with van der Waals surface area (Å²) in [5.41, 5.74) is 1.80. The van der Waals surface area contributed by atoms with Gasteiger partial charge in [0.2, 0.25) is 0 Å². The molecule has 6 heteroatoms. The Hall–Kier alpha value is -0.0700. The molecule has 4 nitrogen and oxygen atoms in total. The molecular weight excluding hydrogens is 134 g/mol. The van der Waals surface area contributed by atoms with Crippen LogP contribution in [0.4, 0.5) is 4.79 Å². The van der Waals surface area contributed by atoms with E-state index in [1.54, 1.807) is 5.43 Å². The monoisotopic (exact) mass is 139 g/mol. The Kier molecular flexibility index (Phi) is 2.97. The van der Waals surface area contributed by atoms with Gasteiger partial charge in [0.25, 0.3) is 0 Å². The van der Waals surface area contributed by atoms with Crippen LogP contribution in [0.25, 0.3) is 0 Å². The Morgan fingerprint density at radius 1 is 1.71 bits per heavy atom. The molecule has 0 aliphatic heterocycles. The maximum absolute atomic E-state index is 10.0. The third kappa shape index (κ3) is 2.60. The summed E-state index contributed by atoms with van der Waals surface area (Å²) in [5.74, 6) is 4.63. The first kappa shape index (κ1) is 6.93. The van der Waals surface area contributed by atoms with Crippen LogP contribution < -0.4 is 11.3 Å². The summed E-state index contributed by atoms with van der Waals surface area (Å²) in [4.78, 5) is 10.0. The molecule has 0 saturated heterocycles. The fraction of sp³-hybridized carbons (Fsp3) is 0. The van der Waals surface area contributed by atoms with Gasteiger partial charge in [0.15, 0.2) is 0 Å². The number of carbonyl (C=O) groups is 1. The molecule has 42 valence electrons. The molecule has 0 unspecified atom stereocenters. The number of urea groups is 1. The van der Waals surface area contributed by atoms with Gasteiger partial charge in [0.1, 0.15) is 0 Å². The van der Waals surface area contributed by atoms with Crippen LogP contribution >= 0.6 is 25.6 Å². The second-order valence-corrected chi connectivity index (χ2v) is 1.85. The lowest BCUT2D eigenvalue weighted by Crippen LogP contribution is -2.34. The molecule has 0 heterocycles. The summed E-state index contributed by atoms with van der Waals surface area (Å²) in [6.45, 7) is 0. The molecule has 0 fully saturated rings. The molecule has 0 rings (SSSR count). The van der Waals surface area contributed by atoms with E-state index in [2.05, 4.69) is 31.5 Å². The van der Waals surface area contributed by atoms with E-state index in [4.69, 9.17) is 0 Å². The van der Waals surface area contributed by atoms with Crippen LogP contribution in [0.2, 0.25) is 0 Å². The van der Waals surface area contributed by atoms with Crippen LogP contribution in [0.15, 0.2) is 0 Å².